The molecule has 0 unspecified atom stereocenters. The first kappa shape index (κ1) is 14.3. The van der Waals surface area contributed by atoms with E-state index in [1.54, 1.807) is 18.2 Å². The van der Waals surface area contributed by atoms with Crippen LogP contribution in [0.1, 0.15) is 23.4 Å². The van der Waals surface area contributed by atoms with Crippen molar-refractivity contribution in [3.05, 3.63) is 62.3 Å². The van der Waals surface area contributed by atoms with Crippen LogP contribution < -0.4 is 11.2 Å². The zero-order valence-electron chi connectivity index (χ0n) is 12.6. The molecule has 0 N–H and O–H groups in total. The number of nitriles is 1. The minimum atomic E-state index is -0.585. The predicted molar refractivity (Wildman–Crippen MR) is 81.3 cm³/mol. The smallest absolute Gasteiger partial charge is 0.331 e. The highest BCUT2D eigenvalue weighted by molar-refractivity contribution is 5.49. The third-order valence-electron chi connectivity index (χ3n) is 4.09. The Kier molecular flexibility index (Phi) is 3.20. The zero-order valence-corrected chi connectivity index (χ0v) is 12.6. The van der Waals surface area contributed by atoms with Crippen LogP contribution in [-0.2, 0) is 19.5 Å². The van der Waals surface area contributed by atoms with Crippen LogP contribution >= 0.6 is 0 Å². The van der Waals surface area contributed by atoms with Crippen molar-refractivity contribution >= 4 is 0 Å². The molecule has 0 aromatic carbocycles. The Balaban J connectivity index is 1.78. The van der Waals surface area contributed by atoms with Crippen molar-refractivity contribution in [3.8, 4) is 17.6 Å². The summed E-state index contributed by atoms with van der Waals surface area (Å²) in [6, 6.07) is 6.96. The molecule has 3 aromatic rings. The largest absolute Gasteiger partial charge is 0.461 e. The van der Waals surface area contributed by atoms with Crippen molar-refractivity contribution < 1.29 is 8.94 Å². The molecule has 0 amide bonds. The van der Waals surface area contributed by atoms with E-state index in [1.165, 1.54) is 10.8 Å². The lowest BCUT2D eigenvalue weighted by atomic mass is 10.2. The van der Waals surface area contributed by atoms with Crippen molar-refractivity contribution in [2.45, 2.75) is 25.9 Å². The topological polar surface area (TPSA) is 107 Å². The van der Waals surface area contributed by atoms with Crippen molar-refractivity contribution in [2.24, 2.45) is 0 Å². The van der Waals surface area contributed by atoms with Gasteiger partial charge < -0.3 is 8.94 Å². The molecule has 4 heterocycles. The predicted octanol–water partition coefficient (Wildman–Crippen LogP) is 1.12. The van der Waals surface area contributed by atoms with Gasteiger partial charge in [-0.3, -0.25) is 13.9 Å². The van der Waals surface area contributed by atoms with E-state index in [4.69, 9.17) is 8.94 Å². The summed E-state index contributed by atoms with van der Waals surface area (Å²) in [5, 5.41) is 13.1. The highest BCUT2D eigenvalue weighted by atomic mass is 16.5. The van der Waals surface area contributed by atoms with Crippen molar-refractivity contribution in [1.29, 1.82) is 5.26 Å². The van der Waals surface area contributed by atoms with Crippen molar-refractivity contribution in [1.82, 2.24) is 14.3 Å². The van der Waals surface area contributed by atoms with Gasteiger partial charge in [0.25, 0.3) is 5.56 Å². The summed E-state index contributed by atoms with van der Waals surface area (Å²) in [5.74, 6) is 0.911. The van der Waals surface area contributed by atoms with E-state index in [0.717, 1.165) is 11.0 Å². The Bertz CT molecular complexity index is 1060. The van der Waals surface area contributed by atoms with E-state index in [1.807, 2.05) is 6.07 Å². The van der Waals surface area contributed by atoms with E-state index in [0.29, 0.717) is 35.9 Å². The fourth-order valence-electron chi connectivity index (χ4n) is 2.97. The number of aromatic nitrogens is 3. The molecule has 0 spiro atoms. The summed E-state index contributed by atoms with van der Waals surface area (Å²) in [4.78, 5) is 25.0. The van der Waals surface area contributed by atoms with E-state index in [9.17, 15) is 14.9 Å². The van der Waals surface area contributed by atoms with Crippen LogP contribution in [0.15, 0.2) is 43.0 Å². The molecule has 3 aromatic heterocycles. The Labute approximate surface area is 135 Å². The average Bonchev–Trinajstić information content (AvgIpc) is 3.31. The van der Waals surface area contributed by atoms with Gasteiger partial charge in [0.1, 0.15) is 17.3 Å². The van der Waals surface area contributed by atoms with Crippen LogP contribution in [-0.4, -0.2) is 14.3 Å². The number of rotatable bonds is 3. The fourth-order valence-corrected chi connectivity index (χ4v) is 2.97. The number of hydrogen-bond acceptors (Lipinski definition) is 6. The second kappa shape index (κ2) is 5.38. The molecule has 1 aliphatic rings. The first-order chi connectivity index (χ1) is 11.7. The van der Waals surface area contributed by atoms with Crippen LogP contribution in [0, 0.1) is 11.3 Å². The number of fused-ring (bicyclic) bond motifs is 1. The molecule has 120 valence electrons. The maximum atomic E-state index is 12.5. The van der Waals surface area contributed by atoms with Crippen LogP contribution in [0.2, 0.25) is 0 Å². The molecule has 0 bridgehead atoms. The Morgan fingerprint density at radius 1 is 1.33 bits per heavy atom. The molecule has 0 radical (unpaired) electrons. The summed E-state index contributed by atoms with van der Waals surface area (Å²) in [6.07, 6.45) is 2.83. The van der Waals surface area contributed by atoms with Gasteiger partial charge in [0.15, 0.2) is 5.76 Å². The van der Waals surface area contributed by atoms with Gasteiger partial charge in [-0.25, -0.2) is 4.79 Å². The lowest BCUT2D eigenvalue weighted by molar-refractivity contribution is 0.407. The summed E-state index contributed by atoms with van der Waals surface area (Å²) in [6.45, 7) is 0.455. The number of furan rings is 1. The third kappa shape index (κ3) is 2.10. The van der Waals surface area contributed by atoms with Crippen LogP contribution in [0.4, 0.5) is 0 Å². The van der Waals surface area contributed by atoms with E-state index in [2.05, 4.69) is 5.16 Å². The van der Waals surface area contributed by atoms with E-state index < -0.39 is 11.2 Å². The lowest BCUT2D eigenvalue weighted by Gasteiger charge is -2.09. The number of nitrogens with zero attached hydrogens (tertiary/aromatic N) is 4. The standard InChI is InChI=1S/C16H12N4O4/c17-8-11-12-3-1-5-19(12)16(22)20(15(11)21)9-10-7-14(24-18-10)13-4-2-6-23-13/h2,4,6-7H,1,3,5,9H2. The van der Waals surface area contributed by atoms with Gasteiger partial charge in [0.2, 0.25) is 5.76 Å². The molecule has 0 aliphatic carbocycles. The minimum Gasteiger partial charge on any atom is -0.461 e. The molecule has 24 heavy (non-hydrogen) atoms. The molecule has 0 fully saturated rings. The second-order valence-corrected chi connectivity index (χ2v) is 5.52. The lowest BCUT2D eigenvalue weighted by Crippen LogP contribution is -2.42. The molecule has 4 rings (SSSR count). The fraction of sp³-hybridized carbons (Fsp3) is 0.250. The van der Waals surface area contributed by atoms with E-state index in [-0.39, 0.29) is 12.1 Å². The van der Waals surface area contributed by atoms with Gasteiger partial charge in [0.05, 0.1) is 12.8 Å². The summed E-state index contributed by atoms with van der Waals surface area (Å²) < 4.78 is 12.9. The Morgan fingerprint density at radius 2 is 2.21 bits per heavy atom. The van der Waals surface area contributed by atoms with Gasteiger partial charge in [-0.05, 0) is 25.0 Å². The molecule has 8 heteroatoms. The normalized spacial score (nSPS) is 13.0. The highest BCUT2D eigenvalue weighted by Crippen LogP contribution is 2.20. The average molecular weight is 324 g/mol. The summed E-state index contributed by atoms with van der Waals surface area (Å²) >= 11 is 0. The number of hydrogen-bond donors (Lipinski definition) is 0. The Hall–Kier alpha value is -3.34. The quantitative estimate of drug-likeness (QED) is 0.714. The summed E-state index contributed by atoms with van der Waals surface area (Å²) in [5.41, 5.74) is -0.0442. The maximum absolute atomic E-state index is 12.5. The monoisotopic (exact) mass is 324 g/mol. The van der Waals surface area contributed by atoms with Gasteiger partial charge in [-0.2, -0.15) is 5.26 Å². The molecule has 8 nitrogen and oxygen atoms in total. The van der Waals surface area contributed by atoms with Gasteiger partial charge >= 0.3 is 5.69 Å². The van der Waals surface area contributed by atoms with Crippen LogP contribution in [0.25, 0.3) is 11.5 Å². The SMILES string of the molecule is N#Cc1c2n(c(=O)n(Cc3cc(-c4ccco4)on3)c1=O)CCC2. The zero-order chi connectivity index (χ0) is 16.7. The van der Waals surface area contributed by atoms with Gasteiger partial charge in [-0.15, -0.1) is 0 Å². The molecule has 0 saturated heterocycles. The molecule has 0 atom stereocenters. The van der Waals surface area contributed by atoms with Crippen LogP contribution in [0.5, 0.6) is 0 Å². The molecular formula is C16H12N4O4. The third-order valence-corrected chi connectivity index (χ3v) is 4.09. The van der Waals surface area contributed by atoms with Gasteiger partial charge in [-0.1, -0.05) is 5.16 Å². The van der Waals surface area contributed by atoms with Crippen molar-refractivity contribution in [2.75, 3.05) is 0 Å². The summed E-state index contributed by atoms with van der Waals surface area (Å²) in [7, 11) is 0. The molecule has 1 aliphatic heterocycles. The van der Waals surface area contributed by atoms with E-state index >= 15 is 0 Å². The first-order valence-corrected chi connectivity index (χ1v) is 7.45. The van der Waals surface area contributed by atoms with Crippen LogP contribution in [0.3, 0.4) is 0 Å². The second-order valence-electron chi connectivity index (χ2n) is 5.52. The Morgan fingerprint density at radius 3 is 2.96 bits per heavy atom. The molecule has 0 saturated carbocycles. The van der Waals surface area contributed by atoms with Crippen molar-refractivity contribution in [3.63, 3.8) is 0 Å². The van der Waals surface area contributed by atoms with Gasteiger partial charge in [0, 0.05) is 18.3 Å². The maximum Gasteiger partial charge on any atom is 0.331 e. The first-order valence-electron chi connectivity index (χ1n) is 7.45. The molecular weight excluding hydrogens is 312 g/mol. The highest BCUT2D eigenvalue weighted by Gasteiger charge is 2.23. The minimum absolute atomic E-state index is 0.0295.